The van der Waals surface area contributed by atoms with Crippen molar-refractivity contribution in [3.05, 3.63) is 47.1 Å². The lowest BCUT2D eigenvalue weighted by Gasteiger charge is -2.35. The molecule has 0 spiro atoms. The van der Waals surface area contributed by atoms with Crippen molar-refractivity contribution in [3.63, 3.8) is 0 Å². The summed E-state index contributed by atoms with van der Waals surface area (Å²) < 4.78 is 47.6. The van der Waals surface area contributed by atoms with Crippen molar-refractivity contribution in [1.82, 2.24) is 14.4 Å². The van der Waals surface area contributed by atoms with Gasteiger partial charge in [-0.25, -0.2) is 12.8 Å². The first kappa shape index (κ1) is 22.7. The molecule has 9 heteroatoms. The van der Waals surface area contributed by atoms with Gasteiger partial charge in [-0.2, -0.15) is 4.31 Å². The van der Waals surface area contributed by atoms with Gasteiger partial charge >= 0.3 is 0 Å². The second-order valence-electron chi connectivity index (χ2n) is 8.40. The van der Waals surface area contributed by atoms with Crippen LogP contribution in [0.25, 0.3) is 12.2 Å². The van der Waals surface area contributed by atoms with Crippen LogP contribution < -0.4 is 0 Å². The van der Waals surface area contributed by atoms with E-state index in [0.717, 1.165) is 32.4 Å². The number of nitrogens with zero attached hydrogens (tertiary/aromatic N) is 3. The zero-order valence-corrected chi connectivity index (χ0v) is 19.0. The van der Waals surface area contributed by atoms with Crippen molar-refractivity contribution in [2.24, 2.45) is 5.92 Å². The van der Waals surface area contributed by atoms with Gasteiger partial charge in [-0.05, 0) is 57.2 Å². The highest BCUT2D eigenvalue weighted by atomic mass is 32.2. The van der Waals surface area contributed by atoms with Crippen LogP contribution in [0.3, 0.4) is 0 Å². The highest BCUT2D eigenvalue weighted by Gasteiger charge is 2.38. The molecule has 0 saturated carbocycles. The average molecular weight is 462 g/mol. The average Bonchev–Trinajstić information content (AvgIpc) is 3.20. The van der Waals surface area contributed by atoms with Gasteiger partial charge in [0.15, 0.2) is 10.7 Å². The summed E-state index contributed by atoms with van der Waals surface area (Å²) in [5.41, 5.74) is 0.553. The van der Waals surface area contributed by atoms with Crippen LogP contribution in [0, 0.1) is 18.7 Å². The Balaban J connectivity index is 1.56. The van der Waals surface area contributed by atoms with Crippen molar-refractivity contribution < 1.29 is 22.1 Å². The highest BCUT2D eigenvalue weighted by molar-refractivity contribution is 7.89. The van der Waals surface area contributed by atoms with Gasteiger partial charge in [0.05, 0.1) is 5.92 Å². The maximum absolute atomic E-state index is 13.9. The molecule has 3 heterocycles. The summed E-state index contributed by atoms with van der Waals surface area (Å²) in [6.45, 7) is 3.55. The standard InChI is InChI=1S/C23H28FN3O4S/c1-17-22(21(31-25-17)12-11-18-8-3-4-10-20(18)24)32(29,30)27-15-7-9-19(16-27)23(28)26-13-5-2-6-14-26/h3-4,8,10-12,19H,2,5-7,9,13-16H2,1H3/b12-11+/t19-/m0/s1. The minimum absolute atomic E-state index is 0.0313. The molecule has 1 aromatic carbocycles. The number of benzene rings is 1. The minimum atomic E-state index is -3.93. The monoisotopic (exact) mass is 461 g/mol. The van der Waals surface area contributed by atoms with Gasteiger partial charge < -0.3 is 9.42 Å². The quantitative estimate of drug-likeness (QED) is 0.678. The van der Waals surface area contributed by atoms with E-state index in [0.29, 0.717) is 24.9 Å². The molecular weight excluding hydrogens is 433 g/mol. The van der Waals surface area contributed by atoms with E-state index in [1.165, 1.54) is 22.5 Å². The van der Waals surface area contributed by atoms with Crippen LogP contribution in [0.15, 0.2) is 33.7 Å². The van der Waals surface area contributed by atoms with E-state index in [-0.39, 0.29) is 34.7 Å². The van der Waals surface area contributed by atoms with E-state index < -0.39 is 15.8 Å². The Labute approximate surface area is 187 Å². The molecule has 1 aromatic heterocycles. The Bertz CT molecular complexity index is 1110. The Morgan fingerprint density at radius 2 is 1.88 bits per heavy atom. The number of carbonyl (C=O) groups is 1. The molecule has 0 radical (unpaired) electrons. The van der Waals surface area contributed by atoms with Crippen LogP contribution in [-0.2, 0) is 14.8 Å². The Morgan fingerprint density at radius 3 is 2.62 bits per heavy atom. The molecule has 1 atom stereocenters. The highest BCUT2D eigenvalue weighted by Crippen LogP contribution is 2.30. The molecule has 1 amide bonds. The van der Waals surface area contributed by atoms with Crippen molar-refractivity contribution >= 4 is 28.1 Å². The predicted molar refractivity (Wildman–Crippen MR) is 118 cm³/mol. The first-order valence-electron chi connectivity index (χ1n) is 11.1. The number of likely N-dealkylation sites (tertiary alicyclic amines) is 1. The van der Waals surface area contributed by atoms with E-state index in [9.17, 15) is 17.6 Å². The smallest absolute Gasteiger partial charge is 0.248 e. The van der Waals surface area contributed by atoms with E-state index in [1.807, 2.05) is 4.90 Å². The fraction of sp³-hybridized carbons (Fsp3) is 0.478. The SMILES string of the molecule is Cc1noc(/C=C/c2ccccc2F)c1S(=O)(=O)N1CCC[C@H](C(=O)N2CCCCC2)C1. The lowest BCUT2D eigenvalue weighted by Crippen LogP contribution is -2.48. The molecule has 32 heavy (non-hydrogen) atoms. The summed E-state index contributed by atoms with van der Waals surface area (Å²) in [6, 6.07) is 6.19. The maximum atomic E-state index is 13.9. The number of rotatable bonds is 5. The predicted octanol–water partition coefficient (Wildman–Crippen LogP) is 3.71. The zero-order chi connectivity index (χ0) is 22.7. The summed E-state index contributed by atoms with van der Waals surface area (Å²) in [5.74, 6) is -0.657. The number of amides is 1. The van der Waals surface area contributed by atoms with E-state index in [2.05, 4.69) is 5.16 Å². The van der Waals surface area contributed by atoms with Gasteiger partial charge in [-0.3, -0.25) is 4.79 Å². The number of carbonyl (C=O) groups excluding carboxylic acids is 1. The van der Waals surface area contributed by atoms with E-state index in [4.69, 9.17) is 4.52 Å². The minimum Gasteiger partial charge on any atom is -0.355 e. The summed E-state index contributed by atoms with van der Waals surface area (Å²) >= 11 is 0. The topological polar surface area (TPSA) is 83.7 Å². The number of halogens is 1. The lowest BCUT2D eigenvalue weighted by atomic mass is 9.97. The molecule has 0 bridgehead atoms. The van der Waals surface area contributed by atoms with Crippen molar-refractivity contribution in [2.45, 2.75) is 43.9 Å². The van der Waals surface area contributed by atoms with E-state index in [1.54, 1.807) is 25.1 Å². The van der Waals surface area contributed by atoms with Gasteiger partial charge in [0.1, 0.15) is 11.5 Å². The molecule has 2 aliphatic heterocycles. The van der Waals surface area contributed by atoms with Crippen molar-refractivity contribution in [3.8, 4) is 0 Å². The van der Waals surface area contributed by atoms with Crippen LogP contribution in [0.2, 0.25) is 0 Å². The van der Waals surface area contributed by atoms with E-state index >= 15 is 0 Å². The Kier molecular flexibility index (Phi) is 6.76. The first-order chi connectivity index (χ1) is 15.4. The molecule has 0 N–H and O–H groups in total. The zero-order valence-electron chi connectivity index (χ0n) is 18.2. The molecule has 0 unspecified atom stereocenters. The number of sulfonamides is 1. The number of aromatic nitrogens is 1. The molecule has 2 aliphatic rings. The number of piperidine rings is 2. The summed E-state index contributed by atoms with van der Waals surface area (Å²) in [6.07, 6.45) is 7.32. The summed E-state index contributed by atoms with van der Waals surface area (Å²) in [7, 11) is -3.93. The lowest BCUT2D eigenvalue weighted by molar-refractivity contribution is -0.137. The van der Waals surface area contributed by atoms with Crippen molar-refractivity contribution in [2.75, 3.05) is 26.2 Å². The fourth-order valence-corrected chi connectivity index (χ4v) is 6.21. The third-order valence-corrected chi connectivity index (χ3v) is 8.18. The van der Waals surface area contributed by atoms with Crippen LogP contribution in [0.1, 0.15) is 49.1 Å². The maximum Gasteiger partial charge on any atom is 0.248 e. The van der Waals surface area contributed by atoms with Gasteiger partial charge in [0, 0.05) is 31.7 Å². The molecular formula is C23H28FN3O4S. The normalized spacial score (nSPS) is 20.7. The third kappa shape index (κ3) is 4.63. The molecule has 2 saturated heterocycles. The molecule has 4 rings (SSSR count). The molecule has 7 nitrogen and oxygen atoms in total. The van der Waals surface area contributed by atoms with Crippen LogP contribution >= 0.6 is 0 Å². The second-order valence-corrected chi connectivity index (χ2v) is 10.3. The second kappa shape index (κ2) is 9.54. The largest absolute Gasteiger partial charge is 0.355 e. The third-order valence-electron chi connectivity index (χ3n) is 6.15. The Hall–Kier alpha value is -2.52. The fourth-order valence-electron chi connectivity index (χ4n) is 4.44. The Morgan fingerprint density at radius 1 is 1.12 bits per heavy atom. The van der Waals surface area contributed by atoms with Gasteiger partial charge in [-0.15, -0.1) is 0 Å². The number of hydrogen-bond donors (Lipinski definition) is 0. The van der Waals surface area contributed by atoms with Crippen LogP contribution in [0.5, 0.6) is 0 Å². The molecule has 2 fully saturated rings. The number of aryl methyl sites for hydroxylation is 1. The number of hydrogen-bond acceptors (Lipinski definition) is 5. The summed E-state index contributed by atoms with van der Waals surface area (Å²) in [4.78, 5) is 14.8. The molecule has 172 valence electrons. The van der Waals surface area contributed by atoms with Gasteiger partial charge in [0.2, 0.25) is 15.9 Å². The van der Waals surface area contributed by atoms with Crippen molar-refractivity contribution in [1.29, 1.82) is 0 Å². The van der Waals surface area contributed by atoms with Gasteiger partial charge in [-0.1, -0.05) is 23.4 Å². The molecule has 0 aliphatic carbocycles. The van der Waals surface area contributed by atoms with Gasteiger partial charge in [0.25, 0.3) is 0 Å². The first-order valence-corrected chi connectivity index (χ1v) is 12.5. The summed E-state index contributed by atoms with van der Waals surface area (Å²) in [5, 5.41) is 3.84. The van der Waals surface area contributed by atoms with Crippen LogP contribution in [0.4, 0.5) is 4.39 Å². The van der Waals surface area contributed by atoms with Crippen LogP contribution in [-0.4, -0.2) is 54.9 Å². The molecule has 2 aromatic rings.